The first-order valence-corrected chi connectivity index (χ1v) is 8.19. The van der Waals surface area contributed by atoms with Gasteiger partial charge in [-0.3, -0.25) is 14.2 Å². The summed E-state index contributed by atoms with van der Waals surface area (Å²) in [6, 6.07) is 1.05. The topological polar surface area (TPSA) is 64.7 Å². The molecule has 2 aromatic heterocycles. The summed E-state index contributed by atoms with van der Waals surface area (Å²) >= 11 is 0. The molecule has 25 heavy (non-hydrogen) atoms. The fraction of sp³-hybridized carbons (Fsp3) is 0.562. The molecule has 1 N–H and O–H groups in total. The van der Waals surface area contributed by atoms with Crippen LogP contribution in [-0.4, -0.2) is 25.5 Å². The average Bonchev–Trinajstić information content (AvgIpc) is 3.22. The van der Waals surface area contributed by atoms with Gasteiger partial charge in [0.2, 0.25) is 5.91 Å². The second-order valence-electron chi connectivity index (χ2n) is 6.29. The molecule has 0 spiro atoms. The molecular weight excluding hydrogens is 335 g/mol. The quantitative estimate of drug-likeness (QED) is 0.895. The number of nitrogens with one attached hydrogen (secondary N) is 1. The number of anilines is 1. The Morgan fingerprint density at radius 3 is 2.48 bits per heavy atom. The summed E-state index contributed by atoms with van der Waals surface area (Å²) in [5, 5.41) is 10.7. The molecule has 1 amide bonds. The van der Waals surface area contributed by atoms with Crippen LogP contribution in [0.1, 0.15) is 48.5 Å². The highest BCUT2D eigenvalue weighted by Crippen LogP contribution is 2.42. The summed E-state index contributed by atoms with van der Waals surface area (Å²) in [6.45, 7) is 5.97. The average molecular weight is 355 g/mol. The molecule has 0 saturated heterocycles. The molecule has 2 heterocycles. The molecule has 0 aliphatic heterocycles. The minimum Gasteiger partial charge on any atom is -0.321 e. The SMILES string of the molecule is CCn1nc(C)c(NC(=O)Cn2nc(C(F)(F)F)cc2C2CC2)c1C. The monoisotopic (exact) mass is 355 g/mol. The summed E-state index contributed by atoms with van der Waals surface area (Å²) < 4.78 is 41.7. The summed E-state index contributed by atoms with van der Waals surface area (Å²) in [5.41, 5.74) is 1.61. The van der Waals surface area contributed by atoms with Gasteiger partial charge in [-0.25, -0.2) is 0 Å². The largest absolute Gasteiger partial charge is 0.435 e. The molecule has 0 bridgehead atoms. The van der Waals surface area contributed by atoms with Crippen molar-refractivity contribution in [2.45, 2.75) is 58.8 Å². The molecule has 0 atom stereocenters. The van der Waals surface area contributed by atoms with Crippen LogP contribution >= 0.6 is 0 Å². The van der Waals surface area contributed by atoms with Crippen molar-refractivity contribution in [1.82, 2.24) is 19.6 Å². The molecule has 1 fully saturated rings. The lowest BCUT2D eigenvalue weighted by atomic mass is 10.2. The number of hydrogen-bond acceptors (Lipinski definition) is 3. The van der Waals surface area contributed by atoms with Gasteiger partial charge >= 0.3 is 6.18 Å². The van der Waals surface area contributed by atoms with Gasteiger partial charge in [0, 0.05) is 18.2 Å². The van der Waals surface area contributed by atoms with Gasteiger partial charge in [0.05, 0.1) is 17.1 Å². The van der Waals surface area contributed by atoms with Crippen LogP contribution < -0.4 is 5.32 Å². The van der Waals surface area contributed by atoms with Gasteiger partial charge < -0.3 is 5.32 Å². The van der Waals surface area contributed by atoms with Crippen molar-refractivity contribution in [3.63, 3.8) is 0 Å². The number of carbonyl (C=O) groups excluding carboxylic acids is 1. The third-order valence-corrected chi connectivity index (χ3v) is 4.34. The molecule has 3 rings (SSSR count). The van der Waals surface area contributed by atoms with Crippen molar-refractivity contribution < 1.29 is 18.0 Å². The lowest BCUT2D eigenvalue weighted by molar-refractivity contribution is -0.141. The Hall–Kier alpha value is -2.32. The van der Waals surface area contributed by atoms with Crippen LogP contribution in [0.3, 0.4) is 0 Å². The highest BCUT2D eigenvalue weighted by Gasteiger charge is 2.38. The van der Waals surface area contributed by atoms with Gasteiger partial charge in [-0.1, -0.05) is 0 Å². The number of halogens is 3. The van der Waals surface area contributed by atoms with E-state index in [1.165, 1.54) is 4.68 Å². The lowest BCUT2D eigenvalue weighted by Gasteiger charge is -2.09. The van der Waals surface area contributed by atoms with Crippen molar-refractivity contribution in [1.29, 1.82) is 0 Å². The Bertz CT molecular complexity index is 802. The summed E-state index contributed by atoms with van der Waals surface area (Å²) in [6.07, 6.45) is -2.86. The molecule has 1 saturated carbocycles. The molecule has 9 heteroatoms. The minimum absolute atomic E-state index is 0.0581. The van der Waals surface area contributed by atoms with Crippen molar-refractivity contribution in [2.75, 3.05) is 5.32 Å². The van der Waals surface area contributed by atoms with E-state index in [0.717, 1.165) is 24.6 Å². The molecule has 0 unspecified atom stereocenters. The maximum Gasteiger partial charge on any atom is 0.435 e. The van der Waals surface area contributed by atoms with Crippen LogP contribution in [0, 0.1) is 13.8 Å². The zero-order valence-corrected chi connectivity index (χ0v) is 14.3. The highest BCUT2D eigenvalue weighted by molar-refractivity contribution is 5.91. The standard InChI is InChI=1S/C16H20F3N5O/c1-4-23-10(3)15(9(2)21-23)20-14(25)8-24-12(11-5-6-11)7-13(22-24)16(17,18)19/h7,11H,4-6,8H2,1-3H3,(H,20,25). The zero-order chi connectivity index (χ0) is 18.4. The van der Waals surface area contributed by atoms with Crippen molar-refractivity contribution in [3.8, 4) is 0 Å². The first-order chi connectivity index (χ1) is 11.7. The Balaban J connectivity index is 1.79. The van der Waals surface area contributed by atoms with E-state index in [1.54, 1.807) is 11.6 Å². The van der Waals surface area contributed by atoms with Gasteiger partial charge in [0.15, 0.2) is 5.69 Å². The number of aromatic nitrogens is 4. The van der Waals surface area contributed by atoms with Crippen molar-refractivity contribution >= 4 is 11.6 Å². The molecule has 1 aliphatic rings. The van der Waals surface area contributed by atoms with Gasteiger partial charge in [0.1, 0.15) is 6.54 Å². The predicted molar refractivity (Wildman–Crippen MR) is 85.2 cm³/mol. The van der Waals surface area contributed by atoms with E-state index >= 15 is 0 Å². The first-order valence-electron chi connectivity index (χ1n) is 8.19. The Kier molecular flexibility index (Phi) is 4.34. The van der Waals surface area contributed by atoms with E-state index in [2.05, 4.69) is 15.5 Å². The van der Waals surface area contributed by atoms with Gasteiger partial charge in [-0.05, 0) is 39.7 Å². The number of aryl methyl sites for hydroxylation is 2. The van der Waals surface area contributed by atoms with Crippen molar-refractivity contribution in [3.05, 3.63) is 28.8 Å². The zero-order valence-electron chi connectivity index (χ0n) is 14.3. The highest BCUT2D eigenvalue weighted by atomic mass is 19.4. The number of hydrogen-bond donors (Lipinski definition) is 1. The molecule has 6 nitrogen and oxygen atoms in total. The number of rotatable bonds is 5. The Morgan fingerprint density at radius 2 is 1.96 bits per heavy atom. The van der Waals surface area contributed by atoms with E-state index in [1.807, 2.05) is 13.8 Å². The molecule has 2 aromatic rings. The van der Waals surface area contributed by atoms with Gasteiger partial charge in [-0.15, -0.1) is 0 Å². The number of alkyl halides is 3. The second kappa shape index (κ2) is 6.20. The molecule has 0 radical (unpaired) electrons. The van der Waals surface area contributed by atoms with Crippen molar-refractivity contribution in [2.24, 2.45) is 0 Å². The Morgan fingerprint density at radius 1 is 1.28 bits per heavy atom. The molecule has 1 aliphatic carbocycles. The molecule has 136 valence electrons. The summed E-state index contributed by atoms with van der Waals surface area (Å²) in [5.74, 6) is -0.358. The van der Waals surface area contributed by atoms with Gasteiger partial charge in [0.25, 0.3) is 0 Å². The minimum atomic E-state index is -4.51. The van der Waals surface area contributed by atoms with E-state index in [-0.39, 0.29) is 12.5 Å². The van der Waals surface area contributed by atoms with Crippen LogP contribution in [0.15, 0.2) is 6.07 Å². The first kappa shape index (κ1) is 17.5. The fourth-order valence-electron chi connectivity index (χ4n) is 2.90. The van der Waals surface area contributed by atoms with Gasteiger partial charge in [-0.2, -0.15) is 23.4 Å². The van der Waals surface area contributed by atoms with Crippen LogP contribution in [0.5, 0.6) is 0 Å². The second-order valence-corrected chi connectivity index (χ2v) is 6.29. The van der Waals surface area contributed by atoms with E-state index < -0.39 is 17.8 Å². The summed E-state index contributed by atoms with van der Waals surface area (Å²) in [4.78, 5) is 12.3. The molecular formula is C16H20F3N5O. The number of nitrogens with zero attached hydrogens (tertiary/aromatic N) is 4. The maximum atomic E-state index is 12.9. The van der Waals surface area contributed by atoms with E-state index in [9.17, 15) is 18.0 Å². The molecule has 0 aromatic carbocycles. The normalized spacial score (nSPS) is 14.8. The van der Waals surface area contributed by atoms with Crippen LogP contribution in [0.25, 0.3) is 0 Å². The fourth-order valence-corrected chi connectivity index (χ4v) is 2.90. The predicted octanol–water partition coefficient (Wildman–Crippen LogP) is 3.25. The van der Waals surface area contributed by atoms with Crippen LogP contribution in [0.4, 0.5) is 18.9 Å². The number of amides is 1. The number of carbonyl (C=O) groups is 1. The van der Waals surface area contributed by atoms with E-state index in [4.69, 9.17) is 0 Å². The van der Waals surface area contributed by atoms with E-state index in [0.29, 0.717) is 23.6 Å². The maximum absolute atomic E-state index is 12.9. The van der Waals surface area contributed by atoms with Crippen LogP contribution in [-0.2, 0) is 24.1 Å². The lowest BCUT2D eigenvalue weighted by Crippen LogP contribution is -2.22. The third kappa shape index (κ3) is 3.54. The Labute approximate surface area is 143 Å². The third-order valence-electron chi connectivity index (χ3n) is 4.34. The summed E-state index contributed by atoms with van der Waals surface area (Å²) in [7, 11) is 0. The van der Waals surface area contributed by atoms with Crippen LogP contribution in [0.2, 0.25) is 0 Å². The smallest absolute Gasteiger partial charge is 0.321 e.